The molecule has 1 saturated carbocycles. The predicted octanol–water partition coefficient (Wildman–Crippen LogP) is 1.86. The lowest BCUT2D eigenvalue weighted by atomic mass is 9.68. The first kappa shape index (κ1) is 13.3. The minimum absolute atomic E-state index is 0.204. The van der Waals surface area contributed by atoms with Crippen molar-refractivity contribution < 1.29 is 4.74 Å². The second-order valence-electron chi connectivity index (χ2n) is 6.22. The van der Waals surface area contributed by atoms with E-state index in [2.05, 4.69) is 25.8 Å². The molecule has 1 saturated heterocycles. The summed E-state index contributed by atoms with van der Waals surface area (Å²) in [6, 6.07) is 0.575. The van der Waals surface area contributed by atoms with Gasteiger partial charge in [-0.25, -0.2) is 0 Å². The highest BCUT2D eigenvalue weighted by atomic mass is 16.5. The van der Waals surface area contributed by atoms with E-state index in [0.29, 0.717) is 12.0 Å². The molecule has 3 nitrogen and oxygen atoms in total. The van der Waals surface area contributed by atoms with E-state index in [-0.39, 0.29) is 5.54 Å². The Kier molecular flexibility index (Phi) is 4.11. The normalized spacial score (nSPS) is 43.2. The molecule has 17 heavy (non-hydrogen) atoms. The minimum atomic E-state index is 0.204. The summed E-state index contributed by atoms with van der Waals surface area (Å²) in [5, 5.41) is 0. The van der Waals surface area contributed by atoms with Crippen LogP contribution in [0.4, 0.5) is 0 Å². The first-order valence-electron chi connectivity index (χ1n) is 7.11. The fraction of sp³-hybridized carbons (Fsp3) is 1.00. The van der Waals surface area contributed by atoms with Gasteiger partial charge in [0.1, 0.15) is 0 Å². The first-order chi connectivity index (χ1) is 8.10. The number of hydrogen-bond donors (Lipinski definition) is 1. The van der Waals surface area contributed by atoms with Crippen LogP contribution in [0.3, 0.4) is 0 Å². The summed E-state index contributed by atoms with van der Waals surface area (Å²) in [7, 11) is 2.26. The summed E-state index contributed by atoms with van der Waals surface area (Å²) in [5.41, 5.74) is 6.38. The van der Waals surface area contributed by atoms with E-state index < -0.39 is 0 Å². The average Bonchev–Trinajstić information content (AvgIpc) is 2.85. The van der Waals surface area contributed by atoms with E-state index in [1.54, 1.807) is 0 Å². The number of rotatable bonds is 3. The maximum absolute atomic E-state index is 6.18. The number of hydrogen-bond acceptors (Lipinski definition) is 3. The van der Waals surface area contributed by atoms with Gasteiger partial charge in [-0.1, -0.05) is 20.3 Å². The van der Waals surface area contributed by atoms with Crippen LogP contribution in [0.2, 0.25) is 0 Å². The summed E-state index contributed by atoms with van der Waals surface area (Å²) < 4.78 is 5.54. The summed E-state index contributed by atoms with van der Waals surface area (Å²) in [5.74, 6) is 1.51. The molecule has 0 aromatic carbocycles. The van der Waals surface area contributed by atoms with Crippen molar-refractivity contribution in [1.82, 2.24) is 4.90 Å². The van der Waals surface area contributed by atoms with Crippen LogP contribution in [0.15, 0.2) is 0 Å². The SMILES string of the molecule is CC1CCC(C)C(CN)(N(C)C2CCOC2)C1. The van der Waals surface area contributed by atoms with Crippen molar-refractivity contribution in [2.45, 2.75) is 51.1 Å². The molecule has 2 fully saturated rings. The van der Waals surface area contributed by atoms with Gasteiger partial charge in [0.25, 0.3) is 0 Å². The Morgan fingerprint density at radius 1 is 1.29 bits per heavy atom. The number of likely N-dealkylation sites (N-methyl/N-ethyl adjacent to an activating group) is 1. The monoisotopic (exact) mass is 240 g/mol. The molecule has 0 amide bonds. The zero-order chi connectivity index (χ0) is 12.5. The quantitative estimate of drug-likeness (QED) is 0.818. The molecule has 4 atom stereocenters. The van der Waals surface area contributed by atoms with Crippen LogP contribution >= 0.6 is 0 Å². The van der Waals surface area contributed by atoms with Gasteiger partial charge in [0.15, 0.2) is 0 Å². The summed E-state index contributed by atoms with van der Waals surface area (Å²) >= 11 is 0. The van der Waals surface area contributed by atoms with E-state index in [0.717, 1.165) is 25.7 Å². The molecule has 4 unspecified atom stereocenters. The fourth-order valence-electron chi connectivity index (χ4n) is 3.82. The van der Waals surface area contributed by atoms with Crippen molar-refractivity contribution in [3.05, 3.63) is 0 Å². The molecule has 3 heteroatoms. The molecule has 0 aromatic heterocycles. The molecular formula is C14H28N2O. The maximum atomic E-state index is 6.18. The summed E-state index contributed by atoms with van der Waals surface area (Å²) in [4.78, 5) is 2.56. The summed E-state index contributed by atoms with van der Waals surface area (Å²) in [6.45, 7) is 7.34. The van der Waals surface area contributed by atoms with Crippen LogP contribution in [-0.2, 0) is 4.74 Å². The third-order valence-electron chi connectivity index (χ3n) is 5.22. The largest absolute Gasteiger partial charge is 0.380 e. The van der Waals surface area contributed by atoms with E-state index in [1.807, 2.05) is 0 Å². The third-order valence-corrected chi connectivity index (χ3v) is 5.22. The fourth-order valence-corrected chi connectivity index (χ4v) is 3.82. The molecule has 0 radical (unpaired) electrons. The van der Waals surface area contributed by atoms with Crippen LogP contribution in [0, 0.1) is 11.8 Å². The van der Waals surface area contributed by atoms with Gasteiger partial charge in [-0.05, 0) is 38.1 Å². The molecule has 2 aliphatic rings. The van der Waals surface area contributed by atoms with Gasteiger partial charge in [-0.2, -0.15) is 0 Å². The number of nitrogens with zero attached hydrogens (tertiary/aromatic N) is 1. The van der Waals surface area contributed by atoms with Crippen molar-refractivity contribution in [2.24, 2.45) is 17.6 Å². The molecule has 100 valence electrons. The molecule has 2 N–H and O–H groups in total. The van der Waals surface area contributed by atoms with Gasteiger partial charge in [-0.15, -0.1) is 0 Å². The van der Waals surface area contributed by atoms with Crippen molar-refractivity contribution >= 4 is 0 Å². The van der Waals surface area contributed by atoms with E-state index in [1.165, 1.54) is 25.7 Å². The standard InChI is InChI=1S/C14H28N2O/c1-11-4-5-12(2)14(8-11,10-15)16(3)13-6-7-17-9-13/h11-13H,4-10,15H2,1-3H3. The van der Waals surface area contributed by atoms with Crippen LogP contribution in [0.1, 0.15) is 39.5 Å². The minimum Gasteiger partial charge on any atom is -0.380 e. The van der Waals surface area contributed by atoms with Gasteiger partial charge in [0.2, 0.25) is 0 Å². The molecular weight excluding hydrogens is 212 g/mol. The zero-order valence-electron chi connectivity index (χ0n) is 11.6. The highest BCUT2D eigenvalue weighted by Gasteiger charge is 2.45. The van der Waals surface area contributed by atoms with Gasteiger partial charge in [0.05, 0.1) is 6.61 Å². The lowest BCUT2D eigenvalue weighted by molar-refractivity contribution is -0.0156. The Balaban J connectivity index is 2.15. The molecule has 0 bridgehead atoms. The van der Waals surface area contributed by atoms with Crippen molar-refractivity contribution in [3.63, 3.8) is 0 Å². The topological polar surface area (TPSA) is 38.5 Å². The van der Waals surface area contributed by atoms with Gasteiger partial charge >= 0.3 is 0 Å². The number of nitrogens with two attached hydrogens (primary N) is 1. The highest BCUT2D eigenvalue weighted by Crippen LogP contribution is 2.41. The van der Waals surface area contributed by atoms with Gasteiger partial charge in [0, 0.05) is 24.7 Å². The Hall–Kier alpha value is -0.120. The van der Waals surface area contributed by atoms with Crippen LogP contribution < -0.4 is 5.73 Å². The summed E-state index contributed by atoms with van der Waals surface area (Å²) in [6.07, 6.45) is 5.09. The Morgan fingerprint density at radius 2 is 2.06 bits per heavy atom. The Morgan fingerprint density at radius 3 is 2.65 bits per heavy atom. The molecule has 1 aliphatic carbocycles. The number of ether oxygens (including phenoxy) is 1. The molecule has 0 aromatic rings. The second-order valence-corrected chi connectivity index (χ2v) is 6.22. The van der Waals surface area contributed by atoms with Crippen LogP contribution in [-0.4, -0.2) is 43.3 Å². The van der Waals surface area contributed by atoms with Gasteiger partial charge < -0.3 is 10.5 Å². The van der Waals surface area contributed by atoms with Gasteiger partial charge in [-0.3, -0.25) is 4.90 Å². The predicted molar refractivity (Wildman–Crippen MR) is 71.0 cm³/mol. The highest BCUT2D eigenvalue weighted by molar-refractivity contribution is 5.01. The average molecular weight is 240 g/mol. The van der Waals surface area contributed by atoms with E-state index in [9.17, 15) is 0 Å². The third kappa shape index (κ3) is 2.38. The smallest absolute Gasteiger partial charge is 0.0622 e. The lowest BCUT2D eigenvalue weighted by Gasteiger charge is -2.52. The molecule has 1 heterocycles. The molecule has 1 aliphatic heterocycles. The van der Waals surface area contributed by atoms with Crippen molar-refractivity contribution in [1.29, 1.82) is 0 Å². The molecule has 2 rings (SSSR count). The zero-order valence-corrected chi connectivity index (χ0v) is 11.6. The molecule has 0 spiro atoms. The Labute approximate surface area is 106 Å². The van der Waals surface area contributed by atoms with Crippen LogP contribution in [0.25, 0.3) is 0 Å². The first-order valence-corrected chi connectivity index (χ1v) is 7.11. The van der Waals surface area contributed by atoms with Crippen molar-refractivity contribution in [3.8, 4) is 0 Å². The van der Waals surface area contributed by atoms with Crippen molar-refractivity contribution in [2.75, 3.05) is 26.8 Å². The van der Waals surface area contributed by atoms with E-state index in [4.69, 9.17) is 10.5 Å². The van der Waals surface area contributed by atoms with Crippen LogP contribution in [0.5, 0.6) is 0 Å². The lowest BCUT2D eigenvalue weighted by Crippen LogP contribution is -2.62. The second kappa shape index (κ2) is 5.25. The maximum Gasteiger partial charge on any atom is 0.0622 e. The van der Waals surface area contributed by atoms with E-state index >= 15 is 0 Å². The Bertz CT molecular complexity index is 253.